The predicted molar refractivity (Wildman–Crippen MR) is 141 cm³/mol. The monoisotopic (exact) mass is 637 g/mol. The third-order valence-electron chi connectivity index (χ3n) is 4.99. The second-order valence-electron chi connectivity index (χ2n) is 7.39. The summed E-state index contributed by atoms with van der Waals surface area (Å²) >= 11 is 13.5. The molecule has 5 nitrogen and oxygen atoms in total. The second-order valence-corrected chi connectivity index (χ2v) is 10.5. The van der Waals surface area contributed by atoms with Gasteiger partial charge in [0.1, 0.15) is 18.2 Å². The Bertz CT molecular complexity index is 1340. The van der Waals surface area contributed by atoms with Crippen molar-refractivity contribution in [3.63, 3.8) is 0 Å². The molecule has 0 atom stereocenters. The number of carbonyl (C=O) groups is 3. The molecule has 0 bridgehead atoms. The number of imide groups is 1. The summed E-state index contributed by atoms with van der Waals surface area (Å²) in [4.78, 5) is 38.9. The highest BCUT2D eigenvalue weighted by molar-refractivity contribution is 9.11. The van der Waals surface area contributed by atoms with Crippen LogP contribution in [0.4, 0.5) is 9.18 Å². The molecule has 10 heteroatoms. The number of thioether (sulfide) groups is 1. The van der Waals surface area contributed by atoms with Crippen LogP contribution in [0.2, 0.25) is 5.02 Å². The Kier molecular flexibility index (Phi) is 8.11. The van der Waals surface area contributed by atoms with Gasteiger partial charge in [-0.15, -0.1) is 0 Å². The summed E-state index contributed by atoms with van der Waals surface area (Å²) in [6, 6.07) is 16.0. The second kappa shape index (κ2) is 11.1. The Labute approximate surface area is 226 Å². The van der Waals surface area contributed by atoms with Crippen molar-refractivity contribution in [3.8, 4) is 5.75 Å². The molecule has 1 fully saturated rings. The summed E-state index contributed by atoms with van der Waals surface area (Å²) in [6.45, 7) is -0.330. The SMILES string of the molecule is O=C(CN1C(=O)S/C(=C/c2cc(Br)c(OCc3ccccc3F)c(Br)c2)C1=O)c1ccc(Cl)cc1. The minimum atomic E-state index is -0.547. The first-order valence-corrected chi connectivity index (χ1v) is 12.9. The molecule has 1 aliphatic rings. The molecule has 0 radical (unpaired) electrons. The molecule has 1 aliphatic heterocycles. The van der Waals surface area contributed by atoms with Gasteiger partial charge in [-0.2, -0.15) is 0 Å². The molecule has 1 saturated heterocycles. The molecule has 3 aromatic rings. The molecule has 0 unspecified atom stereocenters. The molecule has 0 spiro atoms. The molecule has 178 valence electrons. The van der Waals surface area contributed by atoms with Gasteiger partial charge in [-0.3, -0.25) is 19.3 Å². The Balaban J connectivity index is 1.48. The third-order valence-corrected chi connectivity index (χ3v) is 7.33. The van der Waals surface area contributed by atoms with Gasteiger partial charge >= 0.3 is 0 Å². The molecule has 0 saturated carbocycles. The summed E-state index contributed by atoms with van der Waals surface area (Å²) < 4.78 is 20.8. The number of amides is 2. The number of Topliss-reactive ketones (excluding diaryl/α,β-unsaturated/α-hetero) is 1. The Hall–Kier alpha value is -2.46. The van der Waals surface area contributed by atoms with Crippen molar-refractivity contribution in [2.45, 2.75) is 6.61 Å². The van der Waals surface area contributed by atoms with Crippen molar-refractivity contribution >= 4 is 78.2 Å². The van der Waals surface area contributed by atoms with Gasteiger partial charge in [0, 0.05) is 16.1 Å². The van der Waals surface area contributed by atoms with Crippen molar-refractivity contribution in [3.05, 3.63) is 102 Å². The van der Waals surface area contributed by atoms with Gasteiger partial charge in [-0.25, -0.2) is 4.39 Å². The van der Waals surface area contributed by atoms with Gasteiger partial charge in [-0.05, 0) is 97.7 Å². The van der Waals surface area contributed by atoms with Crippen LogP contribution in [-0.2, 0) is 11.4 Å². The van der Waals surface area contributed by atoms with Crippen LogP contribution in [-0.4, -0.2) is 28.4 Å². The van der Waals surface area contributed by atoms with E-state index in [2.05, 4.69) is 31.9 Å². The van der Waals surface area contributed by atoms with E-state index in [1.165, 1.54) is 6.07 Å². The van der Waals surface area contributed by atoms with E-state index in [9.17, 15) is 18.8 Å². The zero-order chi connectivity index (χ0) is 25.1. The van der Waals surface area contributed by atoms with Crippen LogP contribution in [0.1, 0.15) is 21.5 Å². The molecule has 0 aliphatic carbocycles. The standard InChI is InChI=1S/C25H15Br2ClFNO4S/c26-18-9-14(10-19(27)23(18)34-13-16-3-1-2-4-20(16)29)11-22-24(32)30(25(33)35-22)12-21(31)15-5-7-17(28)8-6-15/h1-11H,12-13H2/b22-11+. The fourth-order valence-corrected chi connectivity index (χ4v) is 5.64. The quantitative estimate of drug-likeness (QED) is 0.198. The lowest BCUT2D eigenvalue weighted by Crippen LogP contribution is -2.33. The molecular formula is C25H15Br2ClFNO4S. The first-order chi connectivity index (χ1) is 16.7. The van der Waals surface area contributed by atoms with E-state index < -0.39 is 11.1 Å². The highest BCUT2D eigenvalue weighted by Crippen LogP contribution is 2.38. The molecule has 2 amide bonds. The fourth-order valence-electron chi connectivity index (χ4n) is 3.22. The Morgan fingerprint density at radius 2 is 1.71 bits per heavy atom. The highest BCUT2D eigenvalue weighted by atomic mass is 79.9. The first-order valence-electron chi connectivity index (χ1n) is 10.1. The molecule has 35 heavy (non-hydrogen) atoms. The van der Waals surface area contributed by atoms with E-state index in [4.69, 9.17) is 16.3 Å². The number of hydrogen-bond donors (Lipinski definition) is 0. The van der Waals surface area contributed by atoms with Crippen LogP contribution in [0, 0.1) is 5.82 Å². The van der Waals surface area contributed by atoms with E-state index in [1.807, 2.05) is 0 Å². The smallest absolute Gasteiger partial charge is 0.293 e. The topological polar surface area (TPSA) is 63.7 Å². The summed E-state index contributed by atoms with van der Waals surface area (Å²) in [5.41, 5.74) is 1.39. The normalized spacial score (nSPS) is 14.6. The van der Waals surface area contributed by atoms with Crippen molar-refractivity contribution in [1.29, 1.82) is 0 Å². The van der Waals surface area contributed by atoms with E-state index in [0.717, 1.165) is 16.7 Å². The summed E-state index contributed by atoms with van der Waals surface area (Å²) in [5, 5.41) is -0.0387. The number of hydrogen-bond acceptors (Lipinski definition) is 5. The molecule has 0 aromatic heterocycles. The fraction of sp³-hybridized carbons (Fsp3) is 0.0800. The minimum absolute atomic E-state index is 0.0315. The van der Waals surface area contributed by atoms with Crippen molar-refractivity contribution in [2.24, 2.45) is 0 Å². The molecule has 1 heterocycles. The zero-order valence-electron chi connectivity index (χ0n) is 17.8. The van der Waals surface area contributed by atoms with Crippen LogP contribution in [0.5, 0.6) is 5.75 Å². The van der Waals surface area contributed by atoms with Crippen LogP contribution >= 0.6 is 55.2 Å². The minimum Gasteiger partial charge on any atom is -0.486 e. The highest BCUT2D eigenvalue weighted by Gasteiger charge is 2.36. The number of ether oxygens (including phenoxy) is 1. The lowest BCUT2D eigenvalue weighted by Gasteiger charge is -2.12. The number of nitrogens with zero attached hydrogens (tertiary/aromatic N) is 1. The van der Waals surface area contributed by atoms with Crippen LogP contribution < -0.4 is 4.74 Å². The van der Waals surface area contributed by atoms with Gasteiger partial charge in [0.25, 0.3) is 11.1 Å². The maximum Gasteiger partial charge on any atom is 0.293 e. The van der Waals surface area contributed by atoms with E-state index in [1.54, 1.807) is 60.7 Å². The number of halogens is 4. The van der Waals surface area contributed by atoms with Gasteiger partial charge in [0.05, 0.1) is 20.4 Å². The lowest BCUT2D eigenvalue weighted by molar-refractivity contribution is -0.122. The maximum atomic E-state index is 13.9. The van der Waals surface area contributed by atoms with Gasteiger partial charge in [0.2, 0.25) is 0 Å². The van der Waals surface area contributed by atoms with Crippen molar-refractivity contribution in [2.75, 3.05) is 6.54 Å². The van der Waals surface area contributed by atoms with E-state index in [0.29, 0.717) is 36.4 Å². The van der Waals surface area contributed by atoms with Gasteiger partial charge < -0.3 is 4.74 Å². The molecular weight excluding hydrogens is 625 g/mol. The first kappa shape index (κ1) is 25.6. The summed E-state index contributed by atoms with van der Waals surface area (Å²) in [5.74, 6) is -0.810. The zero-order valence-corrected chi connectivity index (χ0v) is 22.5. The Morgan fingerprint density at radius 1 is 1.06 bits per heavy atom. The number of carbonyl (C=O) groups excluding carboxylic acids is 3. The Morgan fingerprint density at radius 3 is 2.37 bits per heavy atom. The number of rotatable bonds is 7. The summed E-state index contributed by atoms with van der Waals surface area (Å²) in [7, 11) is 0. The summed E-state index contributed by atoms with van der Waals surface area (Å²) in [6.07, 6.45) is 1.56. The predicted octanol–water partition coefficient (Wildman–Crippen LogP) is 7.50. The van der Waals surface area contributed by atoms with Crippen LogP contribution in [0.3, 0.4) is 0 Å². The van der Waals surface area contributed by atoms with Crippen molar-refractivity contribution in [1.82, 2.24) is 4.90 Å². The largest absolute Gasteiger partial charge is 0.486 e. The molecule has 0 N–H and O–H groups in total. The van der Waals surface area contributed by atoms with E-state index >= 15 is 0 Å². The van der Waals surface area contributed by atoms with Crippen LogP contribution in [0.25, 0.3) is 6.08 Å². The third kappa shape index (κ3) is 6.03. The van der Waals surface area contributed by atoms with Crippen molar-refractivity contribution < 1.29 is 23.5 Å². The van der Waals surface area contributed by atoms with Crippen LogP contribution in [0.15, 0.2) is 74.5 Å². The van der Waals surface area contributed by atoms with Gasteiger partial charge in [-0.1, -0.05) is 29.8 Å². The number of ketones is 1. The molecule has 4 rings (SSSR count). The molecule has 3 aromatic carbocycles. The number of benzene rings is 3. The average molecular weight is 640 g/mol. The van der Waals surface area contributed by atoms with E-state index in [-0.39, 0.29) is 29.7 Å². The maximum absolute atomic E-state index is 13.9. The van der Waals surface area contributed by atoms with Gasteiger partial charge in [0.15, 0.2) is 5.78 Å². The lowest BCUT2D eigenvalue weighted by atomic mass is 10.1. The average Bonchev–Trinajstić information content (AvgIpc) is 3.07.